The number of aliphatic hydroxyl groups is 1. The molecule has 2 heterocycles. The lowest BCUT2D eigenvalue weighted by molar-refractivity contribution is -0.262. The van der Waals surface area contributed by atoms with Crippen LogP contribution in [0.1, 0.15) is 21.5 Å². The van der Waals surface area contributed by atoms with Gasteiger partial charge in [0.1, 0.15) is 11.9 Å². The van der Waals surface area contributed by atoms with Gasteiger partial charge in [-0.1, -0.05) is 48.0 Å². The van der Waals surface area contributed by atoms with E-state index in [9.17, 15) is 33.1 Å². The monoisotopic (exact) mass is 571 g/mol. The van der Waals surface area contributed by atoms with Crippen LogP contribution in [-0.4, -0.2) is 78.2 Å². The number of amides is 2. The number of nitrogens with zero attached hydrogens (tertiary/aromatic N) is 5. The molecule has 0 aliphatic carbocycles. The van der Waals surface area contributed by atoms with Crippen LogP contribution in [0.4, 0.5) is 19.0 Å². The molecule has 0 spiro atoms. The lowest BCUT2D eigenvalue weighted by Gasteiger charge is -2.40. The zero-order chi connectivity index (χ0) is 29.2. The number of aromatic nitrogens is 1. The van der Waals surface area contributed by atoms with Crippen molar-refractivity contribution in [2.45, 2.75) is 11.8 Å². The Morgan fingerprint density at radius 1 is 1.02 bits per heavy atom. The van der Waals surface area contributed by atoms with E-state index < -0.39 is 23.2 Å². The molecule has 0 bridgehead atoms. The second kappa shape index (κ2) is 11.2. The van der Waals surface area contributed by atoms with Gasteiger partial charge in [0, 0.05) is 57.6 Å². The lowest BCUT2D eigenvalue weighted by Crippen LogP contribution is -2.59. The molecule has 1 aromatic heterocycles. The van der Waals surface area contributed by atoms with E-state index >= 15 is 0 Å². The van der Waals surface area contributed by atoms with E-state index in [-0.39, 0.29) is 42.7 Å². The molecule has 1 fully saturated rings. The van der Waals surface area contributed by atoms with Gasteiger partial charge in [-0.25, -0.2) is 4.98 Å². The van der Waals surface area contributed by atoms with E-state index in [2.05, 4.69) is 11.1 Å². The van der Waals surface area contributed by atoms with Crippen molar-refractivity contribution in [1.82, 2.24) is 14.8 Å². The summed E-state index contributed by atoms with van der Waals surface area (Å²) in [6.45, 7) is -0.0318. The maximum absolute atomic E-state index is 14.0. The Morgan fingerprint density at radius 2 is 1.68 bits per heavy atom. The molecule has 8 nitrogen and oxygen atoms in total. The molecule has 3 aromatic rings. The molecule has 12 heteroatoms. The molecule has 1 unspecified atom stereocenters. The molecule has 0 saturated carbocycles. The van der Waals surface area contributed by atoms with Gasteiger partial charge in [-0.05, 0) is 23.8 Å². The third kappa shape index (κ3) is 5.33. The first kappa shape index (κ1) is 28.9. The maximum atomic E-state index is 14.0. The average Bonchev–Trinajstić information content (AvgIpc) is 2.95. The summed E-state index contributed by atoms with van der Waals surface area (Å²) in [5.74, 6) is -1.39. The first-order chi connectivity index (χ1) is 18.9. The third-order valence-electron chi connectivity index (χ3n) is 6.70. The van der Waals surface area contributed by atoms with E-state index in [0.29, 0.717) is 22.5 Å². The van der Waals surface area contributed by atoms with Crippen molar-refractivity contribution >= 4 is 29.2 Å². The van der Waals surface area contributed by atoms with E-state index in [1.807, 2.05) is 0 Å². The fourth-order valence-corrected chi connectivity index (χ4v) is 4.76. The van der Waals surface area contributed by atoms with Gasteiger partial charge in [-0.15, -0.1) is 0 Å². The standard InChI is InChI=1S/C28H25ClF3N5O3/c1-35(2)25(38)22-9-8-18(15-23(22)29)20-14-19(16-33)24(34-17-20)36-10-12-37(13-11-36)26(39)27(40,28(30,31)32)21-6-4-3-5-7-21/h3-9,14-15,17,40H,10-13H2,1-2H3. The molecule has 2 aromatic carbocycles. The molecular weight excluding hydrogens is 547 g/mol. The average molecular weight is 572 g/mol. The largest absolute Gasteiger partial charge is 0.430 e. The van der Waals surface area contributed by atoms with Crippen LogP contribution in [-0.2, 0) is 10.4 Å². The van der Waals surface area contributed by atoms with Crippen LogP contribution in [0.5, 0.6) is 0 Å². The van der Waals surface area contributed by atoms with Crippen molar-refractivity contribution in [2.24, 2.45) is 0 Å². The first-order valence-corrected chi connectivity index (χ1v) is 12.6. The van der Waals surface area contributed by atoms with Crippen LogP contribution in [0.2, 0.25) is 5.02 Å². The van der Waals surface area contributed by atoms with Crippen LogP contribution in [0.3, 0.4) is 0 Å². The van der Waals surface area contributed by atoms with Crippen LogP contribution < -0.4 is 4.90 Å². The molecule has 40 heavy (non-hydrogen) atoms. The summed E-state index contributed by atoms with van der Waals surface area (Å²) in [6, 6.07) is 14.9. The van der Waals surface area contributed by atoms with Gasteiger partial charge in [-0.2, -0.15) is 18.4 Å². The molecule has 2 amide bonds. The fraction of sp³-hybridized carbons (Fsp3) is 0.286. The highest BCUT2D eigenvalue weighted by atomic mass is 35.5. The summed E-state index contributed by atoms with van der Waals surface area (Å²) < 4.78 is 41.9. The van der Waals surface area contributed by atoms with Gasteiger partial charge in [-0.3, -0.25) is 9.59 Å². The Labute approximate surface area is 233 Å². The molecule has 1 aliphatic heterocycles. The summed E-state index contributed by atoms with van der Waals surface area (Å²) in [5, 5.41) is 20.7. The lowest BCUT2D eigenvalue weighted by atomic mass is 9.91. The fourth-order valence-electron chi connectivity index (χ4n) is 4.50. The Balaban J connectivity index is 1.53. The third-order valence-corrected chi connectivity index (χ3v) is 7.02. The van der Waals surface area contributed by atoms with E-state index in [1.54, 1.807) is 43.3 Å². The Bertz CT molecular complexity index is 1470. The number of pyridine rings is 1. The molecule has 208 valence electrons. The highest BCUT2D eigenvalue weighted by Crippen LogP contribution is 2.41. The van der Waals surface area contributed by atoms with Crippen LogP contribution >= 0.6 is 11.6 Å². The van der Waals surface area contributed by atoms with Crippen molar-refractivity contribution in [3.63, 3.8) is 0 Å². The van der Waals surface area contributed by atoms with Gasteiger partial charge in [0.15, 0.2) is 0 Å². The molecule has 1 saturated heterocycles. The number of halogens is 4. The molecule has 4 rings (SSSR count). The molecular formula is C28H25ClF3N5O3. The number of anilines is 1. The van der Waals surface area contributed by atoms with Gasteiger partial charge in [0.25, 0.3) is 17.4 Å². The quantitative estimate of drug-likeness (QED) is 0.495. The van der Waals surface area contributed by atoms with Crippen molar-refractivity contribution in [3.8, 4) is 17.2 Å². The number of rotatable bonds is 5. The van der Waals surface area contributed by atoms with Crippen LogP contribution in [0.25, 0.3) is 11.1 Å². The van der Waals surface area contributed by atoms with Gasteiger partial charge in [0.05, 0.1) is 16.1 Å². The number of hydrogen-bond donors (Lipinski definition) is 1. The number of carbonyl (C=O) groups excluding carboxylic acids is 2. The van der Waals surface area contributed by atoms with Crippen LogP contribution in [0.15, 0.2) is 60.8 Å². The van der Waals surface area contributed by atoms with Crippen molar-refractivity contribution in [3.05, 3.63) is 82.5 Å². The highest BCUT2D eigenvalue weighted by molar-refractivity contribution is 6.34. The topological polar surface area (TPSA) is 101 Å². The van der Waals surface area contributed by atoms with Gasteiger partial charge in [0.2, 0.25) is 0 Å². The summed E-state index contributed by atoms with van der Waals surface area (Å²) in [7, 11) is 3.23. The SMILES string of the molecule is CN(C)C(=O)c1ccc(-c2cnc(N3CCN(C(=O)C(O)(c4ccccc4)C(F)(F)F)CC3)c(C#N)c2)cc1Cl. The first-order valence-electron chi connectivity index (χ1n) is 12.2. The summed E-state index contributed by atoms with van der Waals surface area (Å²) >= 11 is 6.32. The smallest absolute Gasteiger partial charge is 0.369 e. The van der Waals surface area contributed by atoms with Gasteiger partial charge >= 0.3 is 6.18 Å². The molecule has 0 radical (unpaired) electrons. The minimum absolute atomic E-state index is 0.0999. The number of piperazine rings is 1. The van der Waals surface area contributed by atoms with Crippen molar-refractivity contribution in [2.75, 3.05) is 45.2 Å². The molecule has 1 aliphatic rings. The normalized spacial score (nSPS) is 15.2. The second-order valence-corrected chi connectivity index (χ2v) is 9.86. The highest BCUT2D eigenvalue weighted by Gasteiger charge is 2.62. The second-order valence-electron chi connectivity index (χ2n) is 9.45. The number of hydrogen-bond acceptors (Lipinski definition) is 6. The number of benzene rings is 2. The summed E-state index contributed by atoms with van der Waals surface area (Å²) in [5.41, 5.74) is -2.47. The van der Waals surface area contributed by atoms with Crippen molar-refractivity contribution in [1.29, 1.82) is 5.26 Å². The molecule has 1 N–H and O–H groups in total. The number of nitriles is 1. The zero-order valence-corrected chi connectivity index (χ0v) is 22.4. The Kier molecular flexibility index (Phi) is 8.05. The van der Waals surface area contributed by atoms with E-state index in [4.69, 9.17) is 11.6 Å². The van der Waals surface area contributed by atoms with Crippen molar-refractivity contribution < 1.29 is 27.9 Å². The minimum atomic E-state index is -5.23. The predicted octanol–water partition coefficient (Wildman–Crippen LogP) is 4.07. The number of alkyl halides is 3. The molecule has 1 atom stereocenters. The van der Waals surface area contributed by atoms with Crippen LogP contribution in [0, 0.1) is 11.3 Å². The maximum Gasteiger partial charge on any atom is 0.430 e. The zero-order valence-electron chi connectivity index (χ0n) is 21.6. The van der Waals surface area contributed by atoms with E-state index in [0.717, 1.165) is 17.0 Å². The number of carbonyl (C=O) groups is 2. The van der Waals surface area contributed by atoms with Gasteiger partial charge < -0.3 is 19.8 Å². The van der Waals surface area contributed by atoms with E-state index in [1.165, 1.54) is 29.3 Å². The summed E-state index contributed by atoms with van der Waals surface area (Å²) in [6.07, 6.45) is -3.70. The Morgan fingerprint density at radius 3 is 2.23 bits per heavy atom. The summed E-state index contributed by atoms with van der Waals surface area (Å²) in [4.78, 5) is 33.8. The Hall–Kier alpha value is -4.14. The predicted molar refractivity (Wildman–Crippen MR) is 143 cm³/mol. The minimum Gasteiger partial charge on any atom is -0.369 e.